The molecule has 1 atom stereocenters. The van der Waals surface area contributed by atoms with Crippen molar-refractivity contribution in [2.45, 2.75) is 25.7 Å². The molecule has 0 radical (unpaired) electrons. The molecule has 1 aliphatic heterocycles. The first-order valence-corrected chi connectivity index (χ1v) is 7.25. The molecular weight excluding hydrogens is 323 g/mol. The average Bonchev–Trinajstić information content (AvgIpc) is 2.91. The molecular formula is C16H14BrFO2. The lowest BCUT2D eigenvalue weighted by Gasteiger charge is -2.13. The highest BCUT2D eigenvalue weighted by Gasteiger charge is 2.16. The van der Waals surface area contributed by atoms with Gasteiger partial charge in [-0.25, -0.2) is 4.39 Å². The monoisotopic (exact) mass is 336 g/mol. The summed E-state index contributed by atoms with van der Waals surface area (Å²) in [7, 11) is 0. The molecule has 1 heterocycles. The second-order valence-corrected chi connectivity index (χ2v) is 5.75. The van der Waals surface area contributed by atoms with Gasteiger partial charge in [0, 0.05) is 6.42 Å². The Kier molecular flexibility index (Phi) is 3.87. The molecule has 0 saturated heterocycles. The molecule has 2 aromatic carbocycles. The van der Waals surface area contributed by atoms with Crippen LogP contribution in [-0.2, 0) is 24.4 Å². The number of aliphatic hydroxyl groups excluding tert-OH is 1. The van der Waals surface area contributed by atoms with Crippen molar-refractivity contribution in [2.75, 3.05) is 0 Å². The number of hydrogen-bond acceptors (Lipinski definition) is 2. The van der Waals surface area contributed by atoms with Crippen LogP contribution in [0.1, 0.15) is 28.4 Å². The Bertz CT molecular complexity index is 642. The van der Waals surface area contributed by atoms with Gasteiger partial charge in [0.25, 0.3) is 0 Å². The van der Waals surface area contributed by atoms with Crippen molar-refractivity contribution < 1.29 is 14.2 Å². The molecule has 1 aliphatic rings. The topological polar surface area (TPSA) is 29.5 Å². The summed E-state index contributed by atoms with van der Waals surface area (Å²) in [4.78, 5) is 0. The summed E-state index contributed by atoms with van der Waals surface area (Å²) in [5, 5.41) is 10.3. The zero-order valence-corrected chi connectivity index (χ0v) is 12.4. The Morgan fingerprint density at radius 3 is 2.85 bits per heavy atom. The van der Waals surface area contributed by atoms with Crippen LogP contribution in [0.2, 0.25) is 0 Å². The van der Waals surface area contributed by atoms with E-state index in [4.69, 9.17) is 4.74 Å². The van der Waals surface area contributed by atoms with Crippen LogP contribution in [-0.4, -0.2) is 5.11 Å². The third-order valence-corrected chi connectivity index (χ3v) is 4.46. The first-order valence-electron chi connectivity index (χ1n) is 6.45. The maximum absolute atomic E-state index is 13.5. The molecule has 0 amide bonds. The number of hydrogen-bond donors (Lipinski definition) is 1. The summed E-state index contributed by atoms with van der Waals surface area (Å²) < 4.78 is 19.3. The molecule has 0 bridgehead atoms. The van der Waals surface area contributed by atoms with E-state index in [1.165, 1.54) is 11.6 Å². The standard InChI is InChI=1S/C16H14BrFO2/c17-16-11(2-1-3-14(16)18)7-15(19)10-4-5-12-8-20-9-13(12)6-10/h1-6,15,19H,7-9H2. The van der Waals surface area contributed by atoms with Gasteiger partial charge in [-0.15, -0.1) is 0 Å². The number of aliphatic hydroxyl groups is 1. The fourth-order valence-corrected chi connectivity index (χ4v) is 2.86. The zero-order valence-electron chi connectivity index (χ0n) is 10.8. The largest absolute Gasteiger partial charge is 0.388 e. The second kappa shape index (κ2) is 5.64. The van der Waals surface area contributed by atoms with E-state index in [0.29, 0.717) is 24.1 Å². The van der Waals surface area contributed by atoms with Gasteiger partial charge >= 0.3 is 0 Å². The van der Waals surface area contributed by atoms with E-state index in [0.717, 1.165) is 16.7 Å². The SMILES string of the molecule is OC(Cc1cccc(F)c1Br)c1ccc2c(c1)COC2. The predicted octanol–water partition coefficient (Wildman–Crippen LogP) is 3.89. The van der Waals surface area contributed by atoms with Crippen LogP contribution in [0.15, 0.2) is 40.9 Å². The van der Waals surface area contributed by atoms with Crippen molar-refractivity contribution in [2.24, 2.45) is 0 Å². The van der Waals surface area contributed by atoms with Crippen LogP contribution in [0, 0.1) is 5.82 Å². The summed E-state index contributed by atoms with van der Waals surface area (Å²) >= 11 is 3.22. The van der Waals surface area contributed by atoms with Gasteiger partial charge < -0.3 is 9.84 Å². The molecule has 0 aromatic heterocycles. The number of ether oxygens (including phenoxy) is 1. The molecule has 104 valence electrons. The van der Waals surface area contributed by atoms with Crippen molar-refractivity contribution in [1.82, 2.24) is 0 Å². The maximum Gasteiger partial charge on any atom is 0.137 e. The normalized spacial score (nSPS) is 15.2. The van der Waals surface area contributed by atoms with E-state index < -0.39 is 6.10 Å². The lowest BCUT2D eigenvalue weighted by molar-refractivity contribution is 0.134. The van der Waals surface area contributed by atoms with Crippen molar-refractivity contribution in [3.63, 3.8) is 0 Å². The molecule has 1 N–H and O–H groups in total. The molecule has 1 unspecified atom stereocenters. The fraction of sp³-hybridized carbons (Fsp3) is 0.250. The third kappa shape index (κ3) is 2.64. The third-order valence-electron chi connectivity index (χ3n) is 3.58. The van der Waals surface area contributed by atoms with Gasteiger partial charge in [0.05, 0.1) is 23.8 Å². The Morgan fingerprint density at radius 2 is 2.00 bits per heavy atom. The maximum atomic E-state index is 13.5. The lowest BCUT2D eigenvalue weighted by atomic mass is 9.98. The number of rotatable bonds is 3. The fourth-order valence-electron chi connectivity index (χ4n) is 2.43. The molecule has 0 fully saturated rings. The first-order chi connectivity index (χ1) is 9.65. The Labute approximate surface area is 125 Å². The quantitative estimate of drug-likeness (QED) is 0.921. The highest BCUT2D eigenvalue weighted by Crippen LogP contribution is 2.28. The summed E-state index contributed by atoms with van der Waals surface area (Å²) in [6.07, 6.45) is -0.281. The highest BCUT2D eigenvalue weighted by atomic mass is 79.9. The van der Waals surface area contributed by atoms with Crippen LogP contribution in [0.3, 0.4) is 0 Å². The van der Waals surface area contributed by atoms with Gasteiger partial charge in [0.15, 0.2) is 0 Å². The van der Waals surface area contributed by atoms with E-state index >= 15 is 0 Å². The van der Waals surface area contributed by atoms with Gasteiger partial charge in [-0.3, -0.25) is 0 Å². The van der Waals surface area contributed by atoms with E-state index in [-0.39, 0.29) is 5.82 Å². The molecule has 0 spiro atoms. The molecule has 0 aliphatic carbocycles. The summed E-state index contributed by atoms with van der Waals surface area (Å²) in [5.74, 6) is -0.308. The second-order valence-electron chi connectivity index (χ2n) is 4.95. The first kappa shape index (κ1) is 13.7. The molecule has 2 nitrogen and oxygen atoms in total. The van der Waals surface area contributed by atoms with Crippen molar-refractivity contribution in [3.8, 4) is 0 Å². The minimum atomic E-state index is -0.654. The highest BCUT2D eigenvalue weighted by molar-refractivity contribution is 9.10. The van der Waals surface area contributed by atoms with Crippen molar-refractivity contribution in [1.29, 1.82) is 0 Å². The Balaban J connectivity index is 1.82. The number of fused-ring (bicyclic) bond motifs is 1. The van der Waals surface area contributed by atoms with Crippen molar-refractivity contribution in [3.05, 3.63) is 68.9 Å². The minimum Gasteiger partial charge on any atom is -0.388 e. The lowest BCUT2D eigenvalue weighted by Crippen LogP contribution is -2.04. The smallest absolute Gasteiger partial charge is 0.137 e. The van der Waals surface area contributed by atoms with E-state index in [9.17, 15) is 9.50 Å². The molecule has 4 heteroatoms. The average molecular weight is 337 g/mol. The predicted molar refractivity (Wildman–Crippen MR) is 77.7 cm³/mol. The zero-order chi connectivity index (χ0) is 14.1. The Morgan fingerprint density at radius 1 is 1.20 bits per heavy atom. The van der Waals surface area contributed by atoms with Crippen LogP contribution >= 0.6 is 15.9 Å². The van der Waals surface area contributed by atoms with Crippen LogP contribution < -0.4 is 0 Å². The van der Waals surface area contributed by atoms with Gasteiger partial charge in [0.2, 0.25) is 0 Å². The summed E-state index contributed by atoms with van der Waals surface area (Å²) in [6.45, 7) is 1.24. The van der Waals surface area contributed by atoms with Gasteiger partial charge in [-0.1, -0.05) is 30.3 Å². The molecule has 3 rings (SSSR count). The molecule has 0 saturated carbocycles. The molecule has 20 heavy (non-hydrogen) atoms. The Hall–Kier alpha value is -1.23. The number of halogens is 2. The molecule has 2 aromatic rings. The number of benzene rings is 2. The van der Waals surface area contributed by atoms with Gasteiger partial charge in [0.1, 0.15) is 5.82 Å². The summed E-state index contributed by atoms with van der Waals surface area (Å²) in [6, 6.07) is 10.7. The van der Waals surface area contributed by atoms with E-state index in [1.54, 1.807) is 6.07 Å². The van der Waals surface area contributed by atoms with Crippen LogP contribution in [0.5, 0.6) is 0 Å². The van der Waals surface area contributed by atoms with E-state index in [1.807, 2.05) is 24.3 Å². The van der Waals surface area contributed by atoms with Crippen LogP contribution in [0.25, 0.3) is 0 Å². The van der Waals surface area contributed by atoms with Crippen molar-refractivity contribution >= 4 is 15.9 Å². The van der Waals surface area contributed by atoms with Gasteiger partial charge in [-0.05, 0) is 44.3 Å². The van der Waals surface area contributed by atoms with Gasteiger partial charge in [-0.2, -0.15) is 0 Å². The summed E-state index contributed by atoms with van der Waals surface area (Å²) in [5.41, 5.74) is 3.90. The van der Waals surface area contributed by atoms with E-state index in [2.05, 4.69) is 15.9 Å². The van der Waals surface area contributed by atoms with Crippen LogP contribution in [0.4, 0.5) is 4.39 Å². The minimum absolute atomic E-state index is 0.308.